The molecule has 0 amide bonds. The molecule has 2 aromatic rings. The van der Waals surface area contributed by atoms with Crippen LogP contribution in [0.1, 0.15) is 17.5 Å². The van der Waals surface area contributed by atoms with E-state index in [1.807, 2.05) is 31.2 Å². The van der Waals surface area contributed by atoms with Crippen molar-refractivity contribution in [3.05, 3.63) is 70.3 Å². The molecule has 0 unspecified atom stereocenters. The van der Waals surface area contributed by atoms with Crippen molar-refractivity contribution in [1.82, 2.24) is 4.31 Å². The van der Waals surface area contributed by atoms with Crippen LogP contribution in [0.15, 0.2) is 64.1 Å². The lowest BCUT2D eigenvalue weighted by molar-refractivity contribution is 0.0830. The molecular formula is C19H20BrNO4S. The molecule has 0 aromatic heterocycles. The minimum Gasteiger partial charge on any atom is -0.491 e. The maximum absolute atomic E-state index is 13.0. The first-order valence-corrected chi connectivity index (χ1v) is 10.5. The smallest absolute Gasteiger partial charge is 0.265 e. The highest BCUT2D eigenvalue weighted by Gasteiger charge is 2.24. The molecule has 2 aromatic carbocycles. The molecular weight excluding hydrogens is 418 g/mol. The summed E-state index contributed by atoms with van der Waals surface area (Å²) in [7, 11) is -3.75. The van der Waals surface area contributed by atoms with Gasteiger partial charge in [-0.1, -0.05) is 45.8 Å². The average Bonchev–Trinajstić information content (AvgIpc) is 2.75. The molecule has 0 N–H and O–H groups in total. The molecule has 0 saturated heterocycles. The Morgan fingerprint density at radius 3 is 2.38 bits per heavy atom. The van der Waals surface area contributed by atoms with Crippen molar-refractivity contribution in [2.24, 2.45) is 0 Å². The lowest BCUT2D eigenvalue weighted by atomic mass is 10.1. The van der Waals surface area contributed by atoms with E-state index in [9.17, 15) is 8.42 Å². The number of halogens is 1. The predicted molar refractivity (Wildman–Crippen MR) is 104 cm³/mol. The van der Waals surface area contributed by atoms with Crippen molar-refractivity contribution in [2.75, 3.05) is 19.9 Å². The van der Waals surface area contributed by atoms with Crippen LogP contribution in [-0.2, 0) is 19.5 Å². The van der Waals surface area contributed by atoms with Gasteiger partial charge in [0.1, 0.15) is 12.5 Å². The number of benzene rings is 2. The third-order valence-electron chi connectivity index (χ3n) is 3.93. The van der Waals surface area contributed by atoms with Crippen LogP contribution < -0.4 is 0 Å². The third-order valence-corrected chi connectivity index (χ3v) is 6.15. The third kappa shape index (κ3) is 4.47. The zero-order valence-corrected chi connectivity index (χ0v) is 16.8. The molecule has 138 valence electrons. The standard InChI is InChI=1S/C19H20BrNO4S/c1-15-3-5-16(6-4-15)19-13-21(14-24-11-2-12-25-19)26(22,23)18-9-7-17(20)8-10-18/h3-10,13H,2,11-12,14H2,1H3/b19-13-. The van der Waals surface area contributed by atoms with Gasteiger partial charge in [0.2, 0.25) is 0 Å². The van der Waals surface area contributed by atoms with Gasteiger partial charge in [-0.15, -0.1) is 0 Å². The Labute approximate surface area is 162 Å². The lowest BCUT2D eigenvalue weighted by Crippen LogP contribution is -2.29. The van der Waals surface area contributed by atoms with Gasteiger partial charge in [-0.3, -0.25) is 0 Å². The highest BCUT2D eigenvalue weighted by atomic mass is 79.9. The number of hydrogen-bond donors (Lipinski definition) is 0. The van der Waals surface area contributed by atoms with Gasteiger partial charge >= 0.3 is 0 Å². The van der Waals surface area contributed by atoms with E-state index in [0.29, 0.717) is 25.4 Å². The van der Waals surface area contributed by atoms with Gasteiger partial charge in [0, 0.05) is 16.5 Å². The number of ether oxygens (including phenoxy) is 2. The van der Waals surface area contributed by atoms with E-state index in [1.165, 1.54) is 10.5 Å². The number of nitrogens with zero attached hydrogens (tertiary/aromatic N) is 1. The van der Waals surface area contributed by atoms with Crippen LogP contribution in [0.3, 0.4) is 0 Å². The topological polar surface area (TPSA) is 55.8 Å². The van der Waals surface area contributed by atoms with Crippen molar-refractivity contribution >= 4 is 31.7 Å². The van der Waals surface area contributed by atoms with Crippen molar-refractivity contribution in [3.8, 4) is 0 Å². The minimum atomic E-state index is -3.75. The van der Waals surface area contributed by atoms with E-state index in [0.717, 1.165) is 15.6 Å². The second-order valence-electron chi connectivity index (χ2n) is 5.94. The second kappa shape index (κ2) is 8.24. The fraction of sp³-hybridized carbons (Fsp3) is 0.263. The average molecular weight is 438 g/mol. The summed E-state index contributed by atoms with van der Waals surface area (Å²) in [5, 5.41) is 0. The SMILES string of the molecule is Cc1ccc(/C2=C/N(S(=O)(=O)c3ccc(Br)cc3)COCCCO2)cc1. The maximum Gasteiger partial charge on any atom is 0.265 e. The largest absolute Gasteiger partial charge is 0.491 e. The van der Waals surface area contributed by atoms with Crippen molar-refractivity contribution in [3.63, 3.8) is 0 Å². The Balaban J connectivity index is 2.00. The quantitative estimate of drug-likeness (QED) is 0.723. The van der Waals surface area contributed by atoms with Crippen LogP contribution in [0.5, 0.6) is 0 Å². The Morgan fingerprint density at radius 1 is 1.00 bits per heavy atom. The first-order chi connectivity index (χ1) is 12.5. The maximum atomic E-state index is 13.0. The van der Waals surface area contributed by atoms with Gasteiger partial charge in [-0.2, -0.15) is 0 Å². The van der Waals surface area contributed by atoms with E-state index in [4.69, 9.17) is 9.47 Å². The first-order valence-electron chi connectivity index (χ1n) is 8.23. The van der Waals surface area contributed by atoms with E-state index >= 15 is 0 Å². The number of rotatable bonds is 3. The summed E-state index contributed by atoms with van der Waals surface area (Å²) in [4.78, 5) is 0.197. The molecule has 0 bridgehead atoms. The van der Waals surface area contributed by atoms with E-state index in [-0.39, 0.29) is 11.6 Å². The molecule has 1 aliphatic heterocycles. The van der Waals surface area contributed by atoms with Crippen molar-refractivity contribution < 1.29 is 17.9 Å². The summed E-state index contributed by atoms with van der Waals surface area (Å²) in [5.41, 5.74) is 1.95. The van der Waals surface area contributed by atoms with Crippen LogP contribution in [0.4, 0.5) is 0 Å². The molecule has 1 heterocycles. The van der Waals surface area contributed by atoms with Gasteiger partial charge in [0.25, 0.3) is 10.0 Å². The molecule has 7 heteroatoms. The first kappa shape index (κ1) is 18.9. The van der Waals surface area contributed by atoms with Crippen LogP contribution in [0.25, 0.3) is 5.76 Å². The molecule has 0 atom stereocenters. The predicted octanol–water partition coefficient (Wildman–Crippen LogP) is 4.14. The molecule has 0 radical (unpaired) electrons. The highest BCUT2D eigenvalue weighted by Crippen LogP contribution is 2.24. The second-order valence-corrected chi connectivity index (χ2v) is 8.75. The summed E-state index contributed by atoms with van der Waals surface area (Å²) in [6, 6.07) is 14.3. The molecule has 3 rings (SSSR count). The van der Waals surface area contributed by atoms with Gasteiger partial charge < -0.3 is 9.47 Å². The molecule has 1 aliphatic rings. The fourth-order valence-electron chi connectivity index (χ4n) is 2.46. The zero-order chi connectivity index (χ0) is 18.6. The van der Waals surface area contributed by atoms with E-state index in [2.05, 4.69) is 15.9 Å². The number of hydrogen-bond acceptors (Lipinski definition) is 4. The minimum absolute atomic E-state index is 0.0584. The number of aryl methyl sites for hydroxylation is 1. The summed E-state index contributed by atoms with van der Waals surface area (Å²) in [6.45, 7) is 2.84. The molecule has 0 saturated carbocycles. The Morgan fingerprint density at radius 2 is 1.69 bits per heavy atom. The monoisotopic (exact) mass is 437 g/mol. The molecule has 26 heavy (non-hydrogen) atoms. The molecule has 0 fully saturated rings. The van der Waals surface area contributed by atoms with Crippen LogP contribution in [0, 0.1) is 6.92 Å². The van der Waals surface area contributed by atoms with Crippen LogP contribution in [0.2, 0.25) is 0 Å². The van der Waals surface area contributed by atoms with E-state index in [1.54, 1.807) is 24.3 Å². The molecule has 0 spiro atoms. The van der Waals surface area contributed by atoms with E-state index < -0.39 is 10.0 Å². The Hall–Kier alpha value is -1.83. The Bertz CT molecular complexity index is 877. The van der Waals surface area contributed by atoms with Gasteiger partial charge in [-0.05, 0) is 31.2 Å². The van der Waals surface area contributed by atoms with Crippen molar-refractivity contribution in [1.29, 1.82) is 0 Å². The fourth-order valence-corrected chi connectivity index (χ4v) is 3.92. The summed E-state index contributed by atoms with van der Waals surface area (Å²) in [5.74, 6) is 0.510. The molecule has 5 nitrogen and oxygen atoms in total. The molecule has 0 aliphatic carbocycles. The zero-order valence-electron chi connectivity index (χ0n) is 14.4. The van der Waals surface area contributed by atoms with Gasteiger partial charge in [0.05, 0.1) is 24.3 Å². The normalized spacial score (nSPS) is 18.1. The van der Waals surface area contributed by atoms with Crippen molar-refractivity contribution in [2.45, 2.75) is 18.2 Å². The Kier molecular flexibility index (Phi) is 6.01. The van der Waals surface area contributed by atoms with Gasteiger partial charge in [0.15, 0.2) is 0 Å². The highest BCUT2D eigenvalue weighted by molar-refractivity contribution is 9.10. The van der Waals surface area contributed by atoms with Crippen LogP contribution >= 0.6 is 15.9 Å². The summed E-state index contributed by atoms with van der Waals surface area (Å²) >= 11 is 3.32. The van der Waals surface area contributed by atoms with Crippen LogP contribution in [-0.4, -0.2) is 32.7 Å². The summed E-state index contributed by atoms with van der Waals surface area (Å²) < 4.78 is 39.4. The number of sulfonamides is 1. The lowest BCUT2D eigenvalue weighted by Gasteiger charge is -2.21. The summed E-state index contributed by atoms with van der Waals surface area (Å²) in [6.07, 6.45) is 2.20. The van der Waals surface area contributed by atoms with Gasteiger partial charge in [-0.25, -0.2) is 12.7 Å².